The fourth-order valence-corrected chi connectivity index (χ4v) is 7.25. The van der Waals surface area contributed by atoms with E-state index in [-0.39, 0.29) is 11.4 Å². The van der Waals surface area contributed by atoms with Crippen molar-refractivity contribution in [2.75, 3.05) is 68.7 Å². The van der Waals surface area contributed by atoms with E-state index >= 15 is 0 Å². The van der Waals surface area contributed by atoms with Gasteiger partial charge < -0.3 is 24.8 Å². The fraction of sp³-hybridized carbons (Fsp3) is 0.472. The second kappa shape index (κ2) is 15.7. The maximum Gasteiger partial charge on any atom is 0.228 e. The van der Waals surface area contributed by atoms with Gasteiger partial charge in [-0.2, -0.15) is 0 Å². The molecule has 1 atom stereocenters. The number of hydrogen-bond acceptors (Lipinski definition) is 7. The number of nitrogens with zero attached hydrogens (tertiary/aromatic N) is 3. The van der Waals surface area contributed by atoms with Crippen molar-refractivity contribution >= 4 is 29.1 Å². The lowest BCUT2D eigenvalue weighted by atomic mass is 9.72. The van der Waals surface area contributed by atoms with Crippen LogP contribution in [0.15, 0.2) is 60.7 Å². The molecular formula is C36H48Cl2N4O4. The third kappa shape index (κ3) is 7.75. The second-order valence-electron chi connectivity index (χ2n) is 12.5. The molecule has 4 rings (SSSR count). The number of likely N-dealkylation sites (N-methyl/N-ethyl adjacent to an activating group) is 2. The molecule has 1 fully saturated rings. The lowest BCUT2D eigenvalue weighted by molar-refractivity contribution is -0.125. The Bertz CT molecular complexity index is 1440. The Morgan fingerprint density at radius 2 is 1.54 bits per heavy atom. The van der Waals surface area contributed by atoms with Gasteiger partial charge in [-0.1, -0.05) is 59.6 Å². The van der Waals surface area contributed by atoms with Crippen LogP contribution in [0, 0.1) is 0 Å². The first-order valence-electron chi connectivity index (χ1n) is 15.7. The van der Waals surface area contributed by atoms with Crippen molar-refractivity contribution in [2.45, 2.75) is 43.2 Å². The molecule has 3 aromatic rings. The molecule has 1 aliphatic heterocycles. The number of piperidine rings is 1. The summed E-state index contributed by atoms with van der Waals surface area (Å²) in [6.45, 7) is 3.94. The van der Waals surface area contributed by atoms with Gasteiger partial charge in [-0.05, 0) is 107 Å². The first kappa shape index (κ1) is 35.8. The van der Waals surface area contributed by atoms with Gasteiger partial charge in [-0.3, -0.25) is 14.6 Å². The molecule has 46 heavy (non-hydrogen) atoms. The molecule has 8 nitrogen and oxygen atoms in total. The summed E-state index contributed by atoms with van der Waals surface area (Å²) in [6, 6.07) is 19.9. The predicted molar refractivity (Wildman–Crippen MR) is 186 cm³/mol. The average molecular weight is 672 g/mol. The summed E-state index contributed by atoms with van der Waals surface area (Å²) in [6.07, 6.45) is 3.27. The molecule has 0 bridgehead atoms. The van der Waals surface area contributed by atoms with Crippen LogP contribution in [-0.4, -0.2) is 89.3 Å². The number of methoxy groups -OCH3 is 3. The summed E-state index contributed by atoms with van der Waals surface area (Å²) in [5, 5.41) is 1.07. The van der Waals surface area contributed by atoms with Crippen molar-refractivity contribution in [3.05, 3.63) is 87.4 Å². The standard InChI is InChI=1S/C36H48Cl2N4O4/c1-40(2)36(28-13-14-29(37)30(38)23-28,25-41(3)24-26-21-31(44-4)33(46-6)32(22-26)45-5)15-10-18-42-19-16-35(17-20-42,34(39)43)27-11-8-7-9-12-27/h7-9,11-14,21-23H,10,15-20,24-25H2,1-6H3,(H2,39,43). The lowest BCUT2D eigenvalue weighted by Gasteiger charge is -2.44. The monoisotopic (exact) mass is 670 g/mol. The molecule has 1 amide bonds. The summed E-state index contributed by atoms with van der Waals surface area (Å²) in [5.74, 6) is 1.59. The Morgan fingerprint density at radius 3 is 2.07 bits per heavy atom. The topological polar surface area (TPSA) is 80.5 Å². The van der Waals surface area contributed by atoms with Crippen LogP contribution in [0.25, 0.3) is 0 Å². The molecule has 1 aliphatic rings. The van der Waals surface area contributed by atoms with E-state index < -0.39 is 5.41 Å². The summed E-state index contributed by atoms with van der Waals surface area (Å²) in [5.41, 5.74) is 8.20. The molecule has 250 valence electrons. The molecule has 0 spiro atoms. The molecule has 0 aromatic heterocycles. The minimum absolute atomic E-state index is 0.236. The van der Waals surface area contributed by atoms with Gasteiger partial charge in [-0.15, -0.1) is 0 Å². The van der Waals surface area contributed by atoms with Crippen molar-refractivity contribution in [3.8, 4) is 17.2 Å². The second-order valence-corrected chi connectivity index (χ2v) is 13.3. The molecule has 1 saturated heterocycles. The molecule has 10 heteroatoms. The number of amides is 1. The number of likely N-dealkylation sites (tertiary alicyclic amines) is 1. The number of benzene rings is 3. The Labute approximate surface area is 284 Å². The smallest absolute Gasteiger partial charge is 0.228 e. The molecule has 0 saturated carbocycles. The average Bonchev–Trinajstić information content (AvgIpc) is 3.05. The van der Waals surface area contributed by atoms with Gasteiger partial charge in [-0.25, -0.2) is 0 Å². The Hall–Kier alpha value is -3.01. The minimum atomic E-state index is -0.610. The van der Waals surface area contributed by atoms with E-state index in [2.05, 4.69) is 41.9 Å². The first-order valence-corrected chi connectivity index (χ1v) is 16.4. The maximum absolute atomic E-state index is 12.7. The largest absolute Gasteiger partial charge is 0.493 e. The van der Waals surface area contributed by atoms with Crippen LogP contribution in [-0.2, 0) is 22.3 Å². The minimum Gasteiger partial charge on any atom is -0.493 e. The first-order chi connectivity index (χ1) is 22.0. The van der Waals surface area contributed by atoms with Gasteiger partial charge in [0.25, 0.3) is 0 Å². The van der Waals surface area contributed by atoms with Crippen molar-refractivity contribution in [1.82, 2.24) is 14.7 Å². The van der Waals surface area contributed by atoms with E-state index in [0.29, 0.717) is 33.8 Å². The highest BCUT2D eigenvalue weighted by Crippen LogP contribution is 2.40. The summed E-state index contributed by atoms with van der Waals surface area (Å²) in [7, 11) is 11.2. The fourth-order valence-electron chi connectivity index (χ4n) is 6.95. The van der Waals surface area contributed by atoms with E-state index in [4.69, 9.17) is 43.1 Å². The number of nitrogens with two attached hydrogens (primary N) is 1. The van der Waals surface area contributed by atoms with Crippen LogP contribution in [0.4, 0.5) is 0 Å². The number of ether oxygens (including phenoxy) is 3. The molecule has 2 N–H and O–H groups in total. The molecule has 0 radical (unpaired) electrons. The number of hydrogen-bond donors (Lipinski definition) is 1. The Morgan fingerprint density at radius 1 is 0.913 bits per heavy atom. The zero-order valence-corrected chi connectivity index (χ0v) is 29.5. The van der Waals surface area contributed by atoms with Crippen LogP contribution in [0.5, 0.6) is 17.2 Å². The number of primary amides is 1. The van der Waals surface area contributed by atoms with Crippen molar-refractivity contribution < 1.29 is 19.0 Å². The van der Waals surface area contributed by atoms with Gasteiger partial charge in [0.15, 0.2) is 11.5 Å². The van der Waals surface area contributed by atoms with Gasteiger partial charge in [0.1, 0.15) is 0 Å². The predicted octanol–water partition coefficient (Wildman–Crippen LogP) is 6.21. The van der Waals surface area contributed by atoms with E-state index in [1.165, 1.54) is 0 Å². The van der Waals surface area contributed by atoms with Gasteiger partial charge in [0.2, 0.25) is 11.7 Å². The quantitative estimate of drug-likeness (QED) is 0.206. The van der Waals surface area contributed by atoms with Gasteiger partial charge in [0.05, 0.1) is 42.3 Å². The van der Waals surface area contributed by atoms with Gasteiger partial charge in [0, 0.05) is 13.1 Å². The SMILES string of the molecule is COc1cc(CN(C)CC(CCCN2CCC(C(N)=O)(c3ccccc3)CC2)(c2ccc(Cl)c(Cl)c2)N(C)C)cc(OC)c1OC. The van der Waals surface area contributed by atoms with E-state index in [0.717, 1.165) is 68.6 Å². The number of halogens is 2. The third-order valence-corrected chi connectivity index (χ3v) is 10.3. The maximum atomic E-state index is 12.7. The zero-order valence-electron chi connectivity index (χ0n) is 27.9. The molecule has 0 aliphatic carbocycles. The Balaban J connectivity index is 1.53. The molecule has 3 aromatic carbocycles. The Kier molecular flexibility index (Phi) is 12.2. The highest BCUT2D eigenvalue weighted by atomic mass is 35.5. The lowest BCUT2D eigenvalue weighted by Crippen LogP contribution is -2.51. The van der Waals surface area contributed by atoms with Crippen LogP contribution >= 0.6 is 23.2 Å². The zero-order chi connectivity index (χ0) is 33.5. The summed E-state index contributed by atoms with van der Waals surface area (Å²) in [4.78, 5) is 19.8. The van der Waals surface area contributed by atoms with E-state index in [9.17, 15) is 4.79 Å². The van der Waals surface area contributed by atoms with Crippen LogP contribution in [0.2, 0.25) is 10.0 Å². The molecule has 1 unspecified atom stereocenters. The van der Waals surface area contributed by atoms with E-state index in [1.54, 1.807) is 21.3 Å². The normalized spacial score (nSPS) is 16.3. The van der Waals surface area contributed by atoms with Crippen molar-refractivity contribution in [1.29, 1.82) is 0 Å². The highest BCUT2D eigenvalue weighted by Gasteiger charge is 2.42. The summed E-state index contributed by atoms with van der Waals surface area (Å²) >= 11 is 13.0. The molecular weight excluding hydrogens is 623 g/mol. The molecule has 1 heterocycles. The van der Waals surface area contributed by atoms with E-state index in [1.807, 2.05) is 54.6 Å². The highest BCUT2D eigenvalue weighted by molar-refractivity contribution is 6.42. The number of rotatable bonds is 15. The number of carbonyl (C=O) groups is 1. The summed E-state index contributed by atoms with van der Waals surface area (Å²) < 4.78 is 16.7. The van der Waals surface area contributed by atoms with Crippen LogP contribution < -0.4 is 19.9 Å². The number of carbonyl (C=O) groups excluding carboxylic acids is 1. The van der Waals surface area contributed by atoms with Crippen LogP contribution in [0.1, 0.15) is 42.4 Å². The van der Waals surface area contributed by atoms with Crippen molar-refractivity contribution in [3.63, 3.8) is 0 Å². The van der Waals surface area contributed by atoms with Crippen LogP contribution in [0.3, 0.4) is 0 Å². The third-order valence-electron chi connectivity index (χ3n) is 9.59. The van der Waals surface area contributed by atoms with Gasteiger partial charge >= 0.3 is 0 Å². The van der Waals surface area contributed by atoms with Crippen molar-refractivity contribution in [2.24, 2.45) is 5.73 Å².